The van der Waals surface area contributed by atoms with Crippen LogP contribution < -0.4 is 5.32 Å². The molecule has 0 atom stereocenters. The normalized spacial score (nSPS) is 16.5. The van der Waals surface area contributed by atoms with Gasteiger partial charge in [-0.15, -0.1) is 0 Å². The molecule has 1 fully saturated rings. The van der Waals surface area contributed by atoms with Gasteiger partial charge in [0, 0.05) is 0 Å². The van der Waals surface area contributed by atoms with Gasteiger partial charge in [0.05, 0.1) is 31.0 Å². The number of Topliss-reactive ketones (excluding diaryl/α,β-unsaturated/α-hetero) is 1. The van der Waals surface area contributed by atoms with Gasteiger partial charge in [-0.1, -0.05) is 0 Å². The summed E-state index contributed by atoms with van der Waals surface area (Å²) in [5.41, 5.74) is 0. The van der Waals surface area contributed by atoms with Crippen LogP contribution in [0.3, 0.4) is 0 Å². The molecule has 0 unspecified atom stereocenters. The van der Waals surface area contributed by atoms with Gasteiger partial charge in [-0.25, -0.2) is 0 Å². The summed E-state index contributed by atoms with van der Waals surface area (Å²) < 4.78 is 0. The second-order valence-electron chi connectivity index (χ2n) is 2.13. The molecular formula is C5H10N2O4. The molecule has 2 N–H and O–H groups in total. The van der Waals surface area contributed by atoms with Crippen LogP contribution in [0.5, 0.6) is 0 Å². The molecule has 64 valence electrons. The fourth-order valence-electron chi connectivity index (χ4n) is 0.795. The molecule has 0 aromatic rings. The zero-order valence-electron chi connectivity index (χ0n) is 5.99. The van der Waals surface area contributed by atoms with Gasteiger partial charge < -0.3 is 20.6 Å². The van der Waals surface area contributed by atoms with Crippen LogP contribution in [0.2, 0.25) is 0 Å². The van der Waals surface area contributed by atoms with Crippen molar-refractivity contribution in [3.8, 4) is 0 Å². The number of piperidine rings is 1. The maximum atomic E-state index is 10.4. The van der Waals surface area contributed by atoms with Gasteiger partial charge in [0.15, 0.2) is 0 Å². The monoisotopic (exact) mass is 162 g/mol. The molecule has 0 aromatic carbocycles. The van der Waals surface area contributed by atoms with Crippen molar-refractivity contribution in [3.05, 3.63) is 15.3 Å². The molecule has 6 heteroatoms. The predicted octanol–water partition coefficient (Wildman–Crippen LogP) is -1.33. The van der Waals surface area contributed by atoms with Crippen LogP contribution in [0.1, 0.15) is 12.8 Å². The van der Waals surface area contributed by atoms with Gasteiger partial charge in [0.1, 0.15) is 5.78 Å². The van der Waals surface area contributed by atoms with E-state index in [0.717, 1.165) is 25.9 Å². The molecule has 0 aliphatic carbocycles. The summed E-state index contributed by atoms with van der Waals surface area (Å²) in [5, 5.41) is 16.9. The van der Waals surface area contributed by atoms with E-state index in [-0.39, 0.29) is 0 Å². The summed E-state index contributed by atoms with van der Waals surface area (Å²) in [5.74, 6) is 0.433. The highest BCUT2D eigenvalue weighted by atomic mass is 16.9. The van der Waals surface area contributed by atoms with Crippen molar-refractivity contribution in [3.63, 3.8) is 0 Å². The van der Waals surface area contributed by atoms with Crippen molar-refractivity contribution >= 4 is 5.78 Å². The second kappa shape index (κ2) is 5.60. The molecule has 1 aliphatic heterocycles. The van der Waals surface area contributed by atoms with E-state index in [9.17, 15) is 4.79 Å². The minimum absolute atomic E-state index is 0.433. The minimum Gasteiger partial charge on any atom is -0.356 e. The Hall–Kier alpha value is -1.17. The van der Waals surface area contributed by atoms with E-state index in [1.54, 1.807) is 0 Å². The smallest absolute Gasteiger partial charge is 0.144 e. The molecule has 0 saturated carbocycles. The summed E-state index contributed by atoms with van der Waals surface area (Å²) in [6, 6.07) is 0. The van der Waals surface area contributed by atoms with Gasteiger partial charge >= 0.3 is 0 Å². The van der Waals surface area contributed by atoms with Crippen LogP contribution in [-0.2, 0) is 4.79 Å². The summed E-state index contributed by atoms with van der Waals surface area (Å²) in [7, 11) is 0. The lowest BCUT2D eigenvalue weighted by molar-refractivity contribution is -0.656. The number of nitrogens with zero attached hydrogens (tertiary/aromatic N) is 1. The average Bonchev–Trinajstić information content (AvgIpc) is 1.87. The highest BCUT2D eigenvalue weighted by molar-refractivity contribution is 5.78. The van der Waals surface area contributed by atoms with Gasteiger partial charge in [0.25, 0.3) is 0 Å². The summed E-state index contributed by atoms with van der Waals surface area (Å²) in [4.78, 5) is 18.7. The Morgan fingerprint density at radius 1 is 1.27 bits per heavy atom. The van der Waals surface area contributed by atoms with Crippen LogP contribution in [0, 0.1) is 15.3 Å². The molecule has 0 bridgehead atoms. The van der Waals surface area contributed by atoms with Crippen molar-refractivity contribution in [2.24, 2.45) is 0 Å². The number of rotatable bonds is 0. The van der Waals surface area contributed by atoms with Crippen LogP contribution in [0.15, 0.2) is 0 Å². The number of nitrogens with two attached hydrogens (primary N) is 1. The number of quaternary nitrogens is 1. The van der Waals surface area contributed by atoms with Gasteiger partial charge in [-0.05, 0) is 0 Å². The topological polar surface area (TPSA) is 99.9 Å². The maximum Gasteiger partial charge on any atom is 0.144 e. The van der Waals surface area contributed by atoms with Gasteiger partial charge in [-0.3, -0.25) is 4.79 Å². The van der Waals surface area contributed by atoms with E-state index in [4.69, 9.17) is 15.3 Å². The summed E-state index contributed by atoms with van der Waals surface area (Å²) in [6.45, 7) is 2.03. The third-order valence-electron chi connectivity index (χ3n) is 1.25. The van der Waals surface area contributed by atoms with E-state index in [2.05, 4.69) is 5.32 Å². The Bertz CT molecular complexity index is 135. The second-order valence-corrected chi connectivity index (χ2v) is 2.13. The van der Waals surface area contributed by atoms with E-state index < -0.39 is 5.09 Å². The Morgan fingerprint density at radius 2 is 1.64 bits per heavy atom. The zero-order valence-corrected chi connectivity index (χ0v) is 5.99. The fourth-order valence-corrected chi connectivity index (χ4v) is 0.795. The van der Waals surface area contributed by atoms with E-state index in [1.807, 2.05) is 0 Å². The third kappa shape index (κ3) is 8.83. The highest BCUT2D eigenvalue weighted by Crippen LogP contribution is 1.86. The van der Waals surface area contributed by atoms with Crippen molar-refractivity contribution in [2.75, 3.05) is 13.1 Å². The Kier molecular flexibility index (Phi) is 5.01. The van der Waals surface area contributed by atoms with Crippen molar-refractivity contribution in [1.82, 2.24) is 0 Å². The SMILES string of the molecule is O=C1CC[NH2+]CC1.O=[N+]([O-])[O-]. The highest BCUT2D eigenvalue weighted by Gasteiger charge is 2.08. The summed E-state index contributed by atoms with van der Waals surface area (Å²) >= 11 is 0. The first-order chi connectivity index (χ1) is 5.13. The lowest BCUT2D eigenvalue weighted by Gasteiger charge is -2.04. The molecule has 0 radical (unpaired) electrons. The number of hydrogen-bond donors (Lipinski definition) is 1. The zero-order chi connectivity index (χ0) is 8.69. The van der Waals surface area contributed by atoms with E-state index >= 15 is 0 Å². The quantitative estimate of drug-likeness (QED) is 0.352. The number of hydrogen-bond acceptors (Lipinski definition) is 4. The van der Waals surface area contributed by atoms with Gasteiger partial charge in [0.2, 0.25) is 0 Å². The van der Waals surface area contributed by atoms with Gasteiger partial charge in [-0.2, -0.15) is 0 Å². The Balaban J connectivity index is 0.000000218. The number of carbonyl (C=O) groups excluding carboxylic acids is 1. The van der Waals surface area contributed by atoms with Crippen LogP contribution >= 0.6 is 0 Å². The molecule has 1 aliphatic rings. The van der Waals surface area contributed by atoms with E-state index in [0.29, 0.717) is 5.78 Å². The lowest BCUT2D eigenvalue weighted by Crippen LogP contribution is -2.86. The molecule has 1 heterocycles. The first kappa shape index (κ1) is 9.83. The fraction of sp³-hybridized carbons (Fsp3) is 0.800. The van der Waals surface area contributed by atoms with Crippen LogP contribution in [0.25, 0.3) is 0 Å². The largest absolute Gasteiger partial charge is 0.356 e. The standard InChI is InChI=1S/C5H9NO.NO3/c7-5-1-3-6-4-2-5;2-1(3)4/h6H,1-4H2;/q;-1/p+1. The van der Waals surface area contributed by atoms with Crippen molar-refractivity contribution in [1.29, 1.82) is 0 Å². The third-order valence-corrected chi connectivity index (χ3v) is 1.25. The predicted molar refractivity (Wildman–Crippen MR) is 36.3 cm³/mol. The van der Waals surface area contributed by atoms with E-state index in [1.165, 1.54) is 0 Å². The molecule has 0 amide bonds. The van der Waals surface area contributed by atoms with Crippen LogP contribution in [-0.4, -0.2) is 24.0 Å². The summed E-state index contributed by atoms with van der Waals surface area (Å²) in [6.07, 6.45) is 1.58. The molecule has 6 nitrogen and oxygen atoms in total. The molecule has 1 rings (SSSR count). The molecule has 0 spiro atoms. The molecule has 0 aromatic heterocycles. The number of ketones is 1. The lowest BCUT2D eigenvalue weighted by atomic mass is 10.1. The molecule has 1 saturated heterocycles. The van der Waals surface area contributed by atoms with Crippen LogP contribution in [0.4, 0.5) is 0 Å². The average molecular weight is 162 g/mol. The minimum atomic E-state index is -1.75. The first-order valence-corrected chi connectivity index (χ1v) is 3.28. The Morgan fingerprint density at radius 3 is 1.82 bits per heavy atom. The number of carbonyl (C=O) groups is 1. The Labute approximate surface area is 63.3 Å². The maximum absolute atomic E-state index is 10.4. The first-order valence-electron chi connectivity index (χ1n) is 3.28. The molecule has 11 heavy (non-hydrogen) atoms. The molecular weight excluding hydrogens is 152 g/mol. The van der Waals surface area contributed by atoms with Crippen molar-refractivity contribution < 1.29 is 15.2 Å². The van der Waals surface area contributed by atoms with Crippen molar-refractivity contribution in [2.45, 2.75) is 12.8 Å².